The molecule has 1 atom stereocenters. The van der Waals surface area contributed by atoms with Crippen LogP contribution in [0.1, 0.15) is 13.3 Å². The van der Waals surface area contributed by atoms with E-state index in [2.05, 4.69) is 39.2 Å². The van der Waals surface area contributed by atoms with Crippen LogP contribution in [0.5, 0.6) is 0 Å². The number of carbonyl (C=O) groups excluding carboxylic acids is 1. The second-order valence-corrected chi connectivity index (χ2v) is 15.6. The molecule has 1 radical (unpaired) electrons. The van der Waals surface area contributed by atoms with Gasteiger partial charge in [-0.15, -0.1) is 17.7 Å². The van der Waals surface area contributed by atoms with Gasteiger partial charge in [-0.3, -0.25) is 4.79 Å². The predicted molar refractivity (Wildman–Crippen MR) is 86.1 cm³/mol. The molecule has 0 spiro atoms. The smallest absolute Gasteiger partial charge is 1.00 e. The van der Waals surface area contributed by atoms with Gasteiger partial charge in [-0.25, -0.2) is 0 Å². The second-order valence-electron chi connectivity index (χ2n) is 6.99. The Morgan fingerprint density at radius 1 is 1.22 bits per heavy atom. The molecule has 1 saturated heterocycles. The molecule has 3 aliphatic rings. The maximum Gasteiger partial charge on any atom is 3.00 e. The first-order valence-corrected chi connectivity index (χ1v) is 13.4. The van der Waals surface area contributed by atoms with E-state index in [9.17, 15) is 4.79 Å². The summed E-state index contributed by atoms with van der Waals surface area (Å²) < 4.78 is 5.94. The van der Waals surface area contributed by atoms with E-state index in [1.807, 2.05) is 12.2 Å². The van der Waals surface area contributed by atoms with Gasteiger partial charge in [0.15, 0.2) is 5.78 Å². The number of rotatable bonds is 4. The maximum atomic E-state index is 12.7. The molecule has 1 aliphatic heterocycles. The summed E-state index contributed by atoms with van der Waals surface area (Å²) in [5.74, 6) is 0.632. The molecule has 0 aromatic heterocycles. The zero-order chi connectivity index (χ0) is 14.7. The maximum absolute atomic E-state index is 12.7. The largest absolute Gasteiger partial charge is 3.00 e. The number of fused-ring (bicyclic) bond motifs is 2. The Morgan fingerprint density at radius 3 is 2.35 bits per heavy atom. The van der Waals surface area contributed by atoms with E-state index in [0.29, 0.717) is 5.76 Å². The molecule has 7 heteroatoms. The fraction of sp³-hybridized carbons (Fsp3) is 0.438. The van der Waals surface area contributed by atoms with Gasteiger partial charge < -0.3 is 29.2 Å². The third-order valence-corrected chi connectivity index (χ3v) is 9.25. The van der Waals surface area contributed by atoms with Crippen LogP contribution in [0.25, 0.3) is 0 Å². The zero-order valence-electron chi connectivity index (χ0n) is 14.1. The van der Waals surface area contributed by atoms with Crippen molar-refractivity contribution in [2.24, 2.45) is 0 Å². The summed E-state index contributed by atoms with van der Waals surface area (Å²) in [7, 11) is -3.19. The number of hydrogen-bond acceptors (Lipinski definition) is 2. The Kier molecular flexibility index (Phi) is 7.64. The van der Waals surface area contributed by atoms with E-state index in [0.717, 1.165) is 11.1 Å². The van der Waals surface area contributed by atoms with Gasteiger partial charge in [-0.05, 0) is 19.6 Å². The molecule has 23 heavy (non-hydrogen) atoms. The molecule has 2 aliphatic carbocycles. The van der Waals surface area contributed by atoms with Crippen molar-refractivity contribution in [1.29, 1.82) is 0 Å². The molecule has 1 unspecified atom stereocenters. The van der Waals surface area contributed by atoms with E-state index in [1.54, 1.807) is 0 Å². The standard InChI is InChI=1S/C16H21O2Si2.2ClH.Ti/c1-6-9-20(5)13-10-11-7-8-12(18-19(2,3)4)15(17)14(11)16(13)20;;;/h7-8H,6,9H2,1-5H3;2*1H;/q-1;;;+3/p-2. The molecular formula is C16H21Cl2O2Si2Ti. The van der Waals surface area contributed by atoms with Crippen molar-refractivity contribution >= 4 is 22.2 Å². The molecule has 0 N–H and O–H groups in total. The first-order valence-electron chi connectivity index (χ1n) is 7.33. The Hall–Kier alpha value is 0.158. The van der Waals surface area contributed by atoms with Gasteiger partial charge in [0, 0.05) is 8.07 Å². The van der Waals surface area contributed by atoms with Crippen molar-refractivity contribution in [2.45, 2.75) is 45.6 Å². The summed E-state index contributed by atoms with van der Waals surface area (Å²) in [4.78, 5) is 12.7. The van der Waals surface area contributed by atoms with Crippen molar-refractivity contribution in [3.63, 3.8) is 0 Å². The van der Waals surface area contributed by atoms with Crippen molar-refractivity contribution in [2.75, 3.05) is 0 Å². The summed E-state index contributed by atoms with van der Waals surface area (Å²) in [6.45, 7) is 10.9. The van der Waals surface area contributed by atoms with Gasteiger partial charge in [0.25, 0.3) is 0 Å². The van der Waals surface area contributed by atoms with Crippen LogP contribution in [0.2, 0.25) is 32.2 Å². The van der Waals surface area contributed by atoms with Crippen molar-refractivity contribution < 1.29 is 55.8 Å². The first kappa shape index (κ1) is 23.2. The fourth-order valence-electron chi connectivity index (χ4n) is 3.23. The number of carbonyl (C=O) groups is 1. The van der Waals surface area contributed by atoms with Crippen LogP contribution in [-0.4, -0.2) is 22.2 Å². The molecule has 3 rings (SSSR count). The minimum Gasteiger partial charge on any atom is -1.00 e. The molecule has 1 fully saturated rings. The Bertz CT molecular complexity index is 645. The zero-order valence-corrected chi connectivity index (χ0v) is 19.2. The monoisotopic (exact) mass is 419 g/mol. The topological polar surface area (TPSA) is 26.3 Å². The Labute approximate surface area is 168 Å². The molecule has 1 heterocycles. The van der Waals surface area contributed by atoms with E-state index in [4.69, 9.17) is 4.43 Å². The van der Waals surface area contributed by atoms with Crippen molar-refractivity contribution in [3.8, 4) is 0 Å². The molecule has 0 saturated carbocycles. The molecule has 0 amide bonds. The number of Topliss-reactive ketones (excluding diaryl/α,β-unsaturated/α-hetero) is 1. The first-order chi connectivity index (χ1) is 9.28. The summed E-state index contributed by atoms with van der Waals surface area (Å²) in [5, 5.41) is 2.75. The van der Waals surface area contributed by atoms with Crippen LogP contribution in [-0.2, 0) is 30.9 Å². The minimum absolute atomic E-state index is 0. The summed E-state index contributed by atoms with van der Waals surface area (Å²) in [5.41, 5.74) is 1.90. The molecule has 0 aromatic carbocycles. The van der Waals surface area contributed by atoms with Crippen LogP contribution in [0.3, 0.4) is 0 Å². The van der Waals surface area contributed by atoms with Crippen molar-refractivity contribution in [1.82, 2.24) is 0 Å². The van der Waals surface area contributed by atoms with Crippen LogP contribution in [0, 0.1) is 6.08 Å². The van der Waals surface area contributed by atoms with Gasteiger partial charge in [-0.1, -0.05) is 37.6 Å². The van der Waals surface area contributed by atoms with E-state index >= 15 is 0 Å². The van der Waals surface area contributed by atoms with Gasteiger partial charge in [0.2, 0.25) is 8.32 Å². The van der Waals surface area contributed by atoms with Crippen LogP contribution in [0.4, 0.5) is 0 Å². The molecule has 123 valence electrons. The molecule has 2 nitrogen and oxygen atoms in total. The summed E-state index contributed by atoms with van der Waals surface area (Å²) in [6, 6.07) is 1.24. The number of hydrogen-bond donors (Lipinski definition) is 0. The Morgan fingerprint density at radius 2 is 1.83 bits per heavy atom. The second kappa shape index (κ2) is 7.59. The van der Waals surface area contributed by atoms with E-state index in [-0.39, 0.29) is 52.3 Å². The van der Waals surface area contributed by atoms with Crippen LogP contribution in [0.15, 0.2) is 39.5 Å². The molecule has 0 aromatic rings. The fourth-order valence-corrected chi connectivity index (χ4v) is 8.41. The molecule has 0 bridgehead atoms. The van der Waals surface area contributed by atoms with E-state index < -0.39 is 16.4 Å². The minimum atomic E-state index is -1.75. The van der Waals surface area contributed by atoms with Gasteiger partial charge in [-0.2, -0.15) is 10.4 Å². The van der Waals surface area contributed by atoms with E-state index in [1.165, 1.54) is 22.9 Å². The average Bonchev–Trinajstić information content (AvgIpc) is 2.71. The van der Waals surface area contributed by atoms with Crippen LogP contribution >= 0.6 is 0 Å². The third-order valence-electron chi connectivity index (χ3n) is 4.09. The quantitative estimate of drug-likeness (QED) is 0.384. The SMILES string of the molecule is CCC[Si]1(C)C2=[C-]C3=CC=C(O[Si](C)(C)C)C(=O)C3=C21.[Cl-].[Cl-].[Ti+3]. The molecular weight excluding hydrogens is 399 g/mol. The van der Waals surface area contributed by atoms with Gasteiger partial charge in [0.1, 0.15) is 5.76 Å². The van der Waals surface area contributed by atoms with Gasteiger partial charge >= 0.3 is 21.7 Å². The predicted octanol–water partition coefficient (Wildman–Crippen LogP) is -2.14. The summed E-state index contributed by atoms with van der Waals surface area (Å²) >= 11 is 0. The summed E-state index contributed by atoms with van der Waals surface area (Å²) in [6.07, 6.45) is 8.49. The Balaban J connectivity index is 0.00000161. The number of ketones is 1. The number of halogens is 2. The third kappa shape index (κ3) is 3.88. The van der Waals surface area contributed by atoms with Crippen molar-refractivity contribution in [3.05, 3.63) is 45.5 Å². The van der Waals surface area contributed by atoms with Crippen LogP contribution < -0.4 is 24.8 Å². The van der Waals surface area contributed by atoms with Gasteiger partial charge in [0.05, 0.1) is 0 Å². The average molecular weight is 420 g/mol. The normalized spacial score (nSPS) is 24.0. The number of allylic oxidation sites excluding steroid dienone is 7.